The molecule has 0 radical (unpaired) electrons. The summed E-state index contributed by atoms with van der Waals surface area (Å²) < 4.78 is 0. The van der Waals surface area contributed by atoms with Gasteiger partial charge in [0.15, 0.2) is 0 Å². The van der Waals surface area contributed by atoms with Gasteiger partial charge in [-0.3, -0.25) is 4.90 Å². The third-order valence-corrected chi connectivity index (χ3v) is 5.22. The average molecular weight is 299 g/mol. The second kappa shape index (κ2) is 5.61. The third-order valence-electron chi connectivity index (χ3n) is 4.64. The Balaban J connectivity index is 1.76. The average Bonchev–Trinajstić information content (AvgIpc) is 2.88. The summed E-state index contributed by atoms with van der Waals surface area (Å²) in [6.45, 7) is 5.72. The van der Waals surface area contributed by atoms with Crippen LogP contribution in [0, 0.1) is 5.92 Å². The monoisotopic (exact) mass is 298 g/mol. The molecule has 1 aromatic rings. The lowest BCUT2D eigenvalue weighted by molar-refractivity contribution is 0.122. The van der Waals surface area contributed by atoms with E-state index in [9.17, 15) is 0 Å². The van der Waals surface area contributed by atoms with Crippen LogP contribution < -0.4 is 5.32 Å². The van der Waals surface area contributed by atoms with Crippen molar-refractivity contribution in [2.75, 3.05) is 19.6 Å². The van der Waals surface area contributed by atoms with Crippen LogP contribution in [-0.4, -0.2) is 30.6 Å². The number of piperidine rings is 1. The van der Waals surface area contributed by atoms with E-state index in [4.69, 9.17) is 23.2 Å². The molecule has 1 N–H and O–H groups in total. The molecular weight excluding hydrogens is 279 g/mol. The highest BCUT2D eigenvalue weighted by molar-refractivity contribution is 6.33. The van der Waals surface area contributed by atoms with E-state index in [1.165, 1.54) is 25.9 Å². The fourth-order valence-corrected chi connectivity index (χ4v) is 3.91. The van der Waals surface area contributed by atoms with Gasteiger partial charge in [-0.25, -0.2) is 0 Å². The van der Waals surface area contributed by atoms with Crippen LogP contribution in [0.1, 0.15) is 31.4 Å². The fourth-order valence-electron chi connectivity index (χ4n) is 3.46. The quantitative estimate of drug-likeness (QED) is 0.895. The number of hydrogen-bond donors (Lipinski definition) is 1. The van der Waals surface area contributed by atoms with Gasteiger partial charge in [-0.1, -0.05) is 23.2 Å². The summed E-state index contributed by atoms with van der Waals surface area (Å²) in [5, 5.41) is 5.19. The molecule has 0 spiro atoms. The van der Waals surface area contributed by atoms with E-state index in [1.54, 1.807) is 0 Å². The minimum atomic E-state index is 0.341. The Morgan fingerprint density at radius 2 is 2.16 bits per heavy atom. The van der Waals surface area contributed by atoms with Crippen LogP contribution in [0.2, 0.25) is 10.0 Å². The van der Waals surface area contributed by atoms with Crippen molar-refractivity contribution in [3.63, 3.8) is 0 Å². The van der Waals surface area contributed by atoms with E-state index < -0.39 is 0 Å². The minimum Gasteiger partial charge on any atom is -0.314 e. The van der Waals surface area contributed by atoms with E-state index in [0.717, 1.165) is 34.1 Å². The number of benzene rings is 1. The lowest BCUT2D eigenvalue weighted by Crippen LogP contribution is -2.45. The summed E-state index contributed by atoms with van der Waals surface area (Å²) in [4.78, 5) is 2.55. The molecule has 1 aromatic carbocycles. The molecule has 2 aliphatic heterocycles. The maximum absolute atomic E-state index is 6.32. The Labute approximate surface area is 125 Å². The Morgan fingerprint density at radius 1 is 1.32 bits per heavy atom. The Hall–Kier alpha value is -0.280. The van der Waals surface area contributed by atoms with Gasteiger partial charge in [0, 0.05) is 35.2 Å². The number of nitrogens with zero attached hydrogens (tertiary/aromatic N) is 1. The van der Waals surface area contributed by atoms with Crippen LogP contribution in [0.25, 0.3) is 0 Å². The maximum atomic E-state index is 6.32. The van der Waals surface area contributed by atoms with Crippen molar-refractivity contribution in [1.29, 1.82) is 0 Å². The van der Waals surface area contributed by atoms with Gasteiger partial charge in [0.1, 0.15) is 0 Å². The van der Waals surface area contributed by atoms with Gasteiger partial charge >= 0.3 is 0 Å². The molecule has 3 unspecified atom stereocenters. The van der Waals surface area contributed by atoms with Crippen molar-refractivity contribution in [2.24, 2.45) is 5.92 Å². The molecule has 0 aromatic heterocycles. The standard InChI is InChI=1S/C15H20Cl2N2/c1-10(13-8-12(16)2-3-14(13)17)19-7-5-15-11(9-19)4-6-18-15/h2-3,8,10-11,15,18H,4-7,9H2,1H3. The predicted octanol–water partition coefficient (Wildman–Crippen LogP) is 3.74. The second-order valence-corrected chi connectivity index (χ2v) is 6.58. The first-order valence-electron chi connectivity index (χ1n) is 7.07. The van der Waals surface area contributed by atoms with Crippen molar-refractivity contribution in [3.8, 4) is 0 Å². The summed E-state index contributed by atoms with van der Waals surface area (Å²) in [7, 11) is 0. The van der Waals surface area contributed by atoms with Crippen molar-refractivity contribution in [3.05, 3.63) is 33.8 Å². The number of hydrogen-bond acceptors (Lipinski definition) is 2. The van der Waals surface area contributed by atoms with Crippen LogP contribution in [-0.2, 0) is 0 Å². The van der Waals surface area contributed by atoms with Crippen molar-refractivity contribution in [2.45, 2.75) is 31.8 Å². The van der Waals surface area contributed by atoms with E-state index >= 15 is 0 Å². The Morgan fingerprint density at radius 3 is 3.00 bits per heavy atom. The largest absolute Gasteiger partial charge is 0.314 e. The second-order valence-electron chi connectivity index (χ2n) is 5.73. The van der Waals surface area contributed by atoms with E-state index in [1.807, 2.05) is 18.2 Å². The smallest absolute Gasteiger partial charge is 0.0454 e. The number of nitrogens with one attached hydrogen (secondary N) is 1. The maximum Gasteiger partial charge on any atom is 0.0454 e. The number of likely N-dealkylation sites (tertiary alicyclic amines) is 1. The van der Waals surface area contributed by atoms with Crippen molar-refractivity contribution in [1.82, 2.24) is 10.2 Å². The van der Waals surface area contributed by atoms with Crippen molar-refractivity contribution < 1.29 is 0 Å². The van der Waals surface area contributed by atoms with Gasteiger partial charge in [-0.05, 0) is 56.0 Å². The molecule has 0 aliphatic carbocycles. The summed E-state index contributed by atoms with van der Waals surface area (Å²) in [5.74, 6) is 0.800. The lowest BCUT2D eigenvalue weighted by Gasteiger charge is -2.39. The molecule has 4 heteroatoms. The molecule has 3 atom stereocenters. The zero-order chi connectivity index (χ0) is 13.4. The highest BCUT2D eigenvalue weighted by Gasteiger charge is 2.34. The molecule has 0 amide bonds. The van der Waals surface area contributed by atoms with Gasteiger partial charge in [-0.15, -0.1) is 0 Å². The summed E-state index contributed by atoms with van der Waals surface area (Å²) >= 11 is 12.4. The molecule has 104 valence electrons. The van der Waals surface area contributed by atoms with Gasteiger partial charge in [0.05, 0.1) is 0 Å². The fraction of sp³-hybridized carbons (Fsp3) is 0.600. The van der Waals surface area contributed by atoms with Crippen LogP contribution in [0.5, 0.6) is 0 Å². The third kappa shape index (κ3) is 2.78. The van der Waals surface area contributed by atoms with E-state index in [2.05, 4.69) is 17.1 Å². The van der Waals surface area contributed by atoms with Crippen LogP contribution in [0.4, 0.5) is 0 Å². The van der Waals surface area contributed by atoms with Gasteiger partial charge in [-0.2, -0.15) is 0 Å². The first-order chi connectivity index (χ1) is 9.15. The SMILES string of the molecule is CC(c1cc(Cl)ccc1Cl)N1CCC2NCCC2C1. The lowest BCUT2D eigenvalue weighted by atomic mass is 9.91. The van der Waals surface area contributed by atoms with E-state index in [0.29, 0.717) is 6.04 Å². The first kappa shape index (κ1) is 13.7. The molecule has 2 fully saturated rings. The molecule has 2 nitrogen and oxygen atoms in total. The zero-order valence-electron chi connectivity index (χ0n) is 11.2. The van der Waals surface area contributed by atoms with Crippen LogP contribution in [0.15, 0.2) is 18.2 Å². The van der Waals surface area contributed by atoms with Gasteiger partial charge < -0.3 is 5.32 Å². The Kier molecular flexibility index (Phi) is 4.04. The highest BCUT2D eigenvalue weighted by Crippen LogP contribution is 2.34. The van der Waals surface area contributed by atoms with E-state index in [-0.39, 0.29) is 0 Å². The molecular formula is C15H20Cl2N2. The normalized spacial score (nSPS) is 29.2. The summed E-state index contributed by atoms with van der Waals surface area (Å²) in [6.07, 6.45) is 2.55. The van der Waals surface area contributed by atoms with Crippen LogP contribution >= 0.6 is 23.2 Å². The molecule has 2 saturated heterocycles. The number of halogens is 2. The topological polar surface area (TPSA) is 15.3 Å². The van der Waals surface area contributed by atoms with Crippen molar-refractivity contribution >= 4 is 23.2 Å². The molecule has 2 aliphatic rings. The zero-order valence-corrected chi connectivity index (χ0v) is 12.7. The molecule has 3 rings (SSSR count). The summed E-state index contributed by atoms with van der Waals surface area (Å²) in [5.41, 5.74) is 1.15. The number of fused-ring (bicyclic) bond motifs is 1. The molecule has 19 heavy (non-hydrogen) atoms. The first-order valence-corrected chi connectivity index (χ1v) is 7.83. The highest BCUT2D eigenvalue weighted by atomic mass is 35.5. The van der Waals surface area contributed by atoms with Crippen LogP contribution in [0.3, 0.4) is 0 Å². The van der Waals surface area contributed by atoms with Gasteiger partial charge in [0.2, 0.25) is 0 Å². The number of rotatable bonds is 2. The predicted molar refractivity (Wildman–Crippen MR) is 81.0 cm³/mol. The summed E-state index contributed by atoms with van der Waals surface area (Å²) in [6, 6.07) is 6.84. The molecule has 2 heterocycles. The minimum absolute atomic E-state index is 0.341. The van der Waals surface area contributed by atoms with Gasteiger partial charge in [0.25, 0.3) is 0 Å². The molecule has 0 saturated carbocycles. The Bertz CT molecular complexity index is 463. The molecule has 0 bridgehead atoms.